The van der Waals surface area contributed by atoms with Gasteiger partial charge in [-0.25, -0.2) is 8.42 Å². The van der Waals surface area contributed by atoms with Gasteiger partial charge in [-0.2, -0.15) is 9.98 Å². The third-order valence-corrected chi connectivity index (χ3v) is 4.36. The summed E-state index contributed by atoms with van der Waals surface area (Å²) < 4.78 is 32.0. The van der Waals surface area contributed by atoms with Gasteiger partial charge >= 0.3 is 5.97 Å². The summed E-state index contributed by atoms with van der Waals surface area (Å²) in [6, 6.07) is 6.48. The van der Waals surface area contributed by atoms with E-state index < -0.39 is 22.0 Å². The second-order valence-electron chi connectivity index (χ2n) is 5.19. The lowest BCUT2D eigenvalue weighted by molar-refractivity contribution is -0.145. The molecule has 1 aromatic rings. The highest BCUT2D eigenvalue weighted by molar-refractivity contribution is 7.89. The van der Waals surface area contributed by atoms with Crippen LogP contribution in [-0.2, 0) is 19.6 Å². The van der Waals surface area contributed by atoms with Gasteiger partial charge in [-0.3, -0.25) is 4.79 Å². The molecule has 0 saturated carbocycles. The normalized spacial score (nSPS) is 12.7. The van der Waals surface area contributed by atoms with Gasteiger partial charge in [-0.05, 0) is 43.5 Å². The number of carbonyl (C=O) groups is 1. The van der Waals surface area contributed by atoms with Gasteiger partial charge < -0.3 is 4.74 Å². The van der Waals surface area contributed by atoms with Crippen molar-refractivity contribution in [3.63, 3.8) is 0 Å². The Kier molecular flexibility index (Phi) is 6.53. The van der Waals surface area contributed by atoms with E-state index in [2.05, 4.69) is 4.72 Å². The molecule has 1 aromatic carbocycles. The molecule has 0 spiro atoms. The Balaban J connectivity index is 2.98. The van der Waals surface area contributed by atoms with Crippen molar-refractivity contribution in [3.05, 3.63) is 29.8 Å². The van der Waals surface area contributed by atoms with E-state index in [0.29, 0.717) is 12.0 Å². The molecule has 1 rings (SSSR count). The van der Waals surface area contributed by atoms with E-state index in [1.165, 1.54) is 24.3 Å². The fourth-order valence-corrected chi connectivity index (χ4v) is 3.07. The lowest BCUT2D eigenvalue weighted by Gasteiger charge is -2.19. The molecule has 0 radical (unpaired) electrons. The molecule has 0 aliphatic heterocycles. The van der Waals surface area contributed by atoms with Crippen molar-refractivity contribution in [2.75, 3.05) is 6.61 Å². The lowest BCUT2D eigenvalue weighted by atomic mass is 10.1. The smallest absolute Gasteiger partial charge is 0.324 e. The average molecular weight is 324 g/mol. The summed E-state index contributed by atoms with van der Waals surface area (Å²) in [5.41, 5.74) is 0.364. The zero-order valence-corrected chi connectivity index (χ0v) is 13.7. The topological polar surface area (TPSA) is 96.3 Å². The summed E-state index contributed by atoms with van der Waals surface area (Å²) >= 11 is 0. The number of carbonyl (C=O) groups excluding carboxylic acids is 1. The molecule has 0 bridgehead atoms. The minimum absolute atomic E-state index is 0.00422. The number of esters is 1. The summed E-state index contributed by atoms with van der Waals surface area (Å²) in [6.45, 7) is 5.63. The third kappa shape index (κ3) is 5.13. The van der Waals surface area contributed by atoms with E-state index in [4.69, 9.17) is 10.00 Å². The fourth-order valence-electron chi connectivity index (χ4n) is 1.87. The van der Waals surface area contributed by atoms with E-state index in [0.717, 1.165) is 0 Å². The molecule has 0 aliphatic rings. The quantitative estimate of drug-likeness (QED) is 0.772. The molecule has 0 amide bonds. The standard InChI is InChI=1S/C15H20N2O4S/c1-4-21-15(18)14(9-11(2)3)17-22(19,20)13-7-5-12(10-16)6-8-13/h5-8,11,14,17H,4,9H2,1-3H3/t14-/m0/s1. The van der Waals surface area contributed by atoms with Crippen LogP contribution in [0.5, 0.6) is 0 Å². The largest absolute Gasteiger partial charge is 0.465 e. The molecule has 6 nitrogen and oxygen atoms in total. The van der Waals surface area contributed by atoms with Gasteiger partial charge in [0.2, 0.25) is 10.0 Å². The third-order valence-electron chi connectivity index (χ3n) is 2.87. The highest BCUT2D eigenvalue weighted by Gasteiger charge is 2.27. The molecule has 0 aromatic heterocycles. The van der Waals surface area contributed by atoms with Crippen LogP contribution in [0.4, 0.5) is 0 Å². The van der Waals surface area contributed by atoms with Crippen LogP contribution in [0.3, 0.4) is 0 Å². The van der Waals surface area contributed by atoms with Crippen LogP contribution in [0, 0.1) is 17.2 Å². The second kappa shape index (κ2) is 7.92. The van der Waals surface area contributed by atoms with Crippen molar-refractivity contribution < 1.29 is 17.9 Å². The highest BCUT2D eigenvalue weighted by Crippen LogP contribution is 2.14. The maximum absolute atomic E-state index is 12.3. The highest BCUT2D eigenvalue weighted by atomic mass is 32.2. The first-order valence-electron chi connectivity index (χ1n) is 6.99. The van der Waals surface area contributed by atoms with Gasteiger partial charge in [0.1, 0.15) is 6.04 Å². The van der Waals surface area contributed by atoms with E-state index in [-0.39, 0.29) is 17.4 Å². The monoisotopic (exact) mass is 324 g/mol. The molecule has 1 atom stereocenters. The van der Waals surface area contributed by atoms with Gasteiger partial charge in [-0.15, -0.1) is 0 Å². The van der Waals surface area contributed by atoms with E-state index in [1.54, 1.807) is 6.92 Å². The zero-order chi connectivity index (χ0) is 16.8. The van der Waals surface area contributed by atoms with Gasteiger partial charge in [-0.1, -0.05) is 13.8 Å². The van der Waals surface area contributed by atoms with Crippen LogP contribution in [0.1, 0.15) is 32.8 Å². The summed E-state index contributed by atoms with van der Waals surface area (Å²) in [7, 11) is -3.85. The SMILES string of the molecule is CCOC(=O)[C@H](CC(C)C)NS(=O)(=O)c1ccc(C#N)cc1. The van der Waals surface area contributed by atoms with Crippen LogP contribution in [0.2, 0.25) is 0 Å². The molecular weight excluding hydrogens is 304 g/mol. The maximum atomic E-state index is 12.3. The first kappa shape index (κ1) is 18.1. The molecular formula is C15H20N2O4S. The Bertz CT molecular complexity index is 645. The molecule has 0 unspecified atom stereocenters. The fraction of sp³-hybridized carbons (Fsp3) is 0.467. The molecule has 0 saturated heterocycles. The van der Waals surface area contributed by atoms with E-state index >= 15 is 0 Å². The van der Waals surface area contributed by atoms with Crippen molar-refractivity contribution >= 4 is 16.0 Å². The summed E-state index contributed by atoms with van der Waals surface area (Å²) in [5.74, 6) is -0.466. The number of ether oxygens (including phenoxy) is 1. The van der Waals surface area contributed by atoms with Crippen LogP contribution in [0.15, 0.2) is 29.2 Å². The van der Waals surface area contributed by atoms with Gasteiger partial charge in [0.05, 0.1) is 23.1 Å². The molecule has 22 heavy (non-hydrogen) atoms. The first-order valence-corrected chi connectivity index (χ1v) is 8.47. The zero-order valence-electron chi connectivity index (χ0n) is 12.9. The van der Waals surface area contributed by atoms with Gasteiger partial charge in [0.25, 0.3) is 0 Å². The number of nitrogens with one attached hydrogen (secondary N) is 1. The predicted octanol–water partition coefficient (Wildman–Crippen LogP) is 1.81. The first-order chi connectivity index (χ1) is 10.3. The summed E-state index contributed by atoms with van der Waals surface area (Å²) in [4.78, 5) is 11.9. The van der Waals surface area contributed by atoms with Crippen LogP contribution < -0.4 is 4.72 Å². The van der Waals surface area contributed by atoms with Crippen LogP contribution >= 0.6 is 0 Å². The number of benzene rings is 1. The molecule has 7 heteroatoms. The lowest BCUT2D eigenvalue weighted by Crippen LogP contribution is -2.42. The van der Waals surface area contributed by atoms with Crippen molar-refractivity contribution in [2.45, 2.75) is 38.1 Å². The predicted molar refractivity (Wildman–Crippen MR) is 81.4 cm³/mol. The van der Waals surface area contributed by atoms with Crippen LogP contribution in [0.25, 0.3) is 0 Å². The Hall–Kier alpha value is -1.91. The Morgan fingerprint density at radius 1 is 1.32 bits per heavy atom. The summed E-state index contributed by atoms with van der Waals surface area (Å²) in [5, 5.41) is 8.73. The van der Waals surface area contributed by atoms with Crippen LogP contribution in [-0.4, -0.2) is 27.0 Å². The molecule has 1 N–H and O–H groups in total. The molecule has 0 heterocycles. The number of hydrogen-bond donors (Lipinski definition) is 1. The number of nitriles is 1. The number of hydrogen-bond acceptors (Lipinski definition) is 5. The number of sulfonamides is 1. The van der Waals surface area contributed by atoms with Crippen molar-refractivity contribution in [3.8, 4) is 6.07 Å². The molecule has 0 fully saturated rings. The Labute approximate surface area is 131 Å². The van der Waals surface area contributed by atoms with Crippen molar-refractivity contribution in [2.24, 2.45) is 5.92 Å². The Morgan fingerprint density at radius 2 is 1.91 bits per heavy atom. The number of rotatable bonds is 7. The second-order valence-corrected chi connectivity index (χ2v) is 6.91. The maximum Gasteiger partial charge on any atom is 0.324 e. The minimum atomic E-state index is -3.85. The average Bonchev–Trinajstić information content (AvgIpc) is 2.46. The van der Waals surface area contributed by atoms with Crippen molar-refractivity contribution in [1.82, 2.24) is 4.72 Å². The van der Waals surface area contributed by atoms with Gasteiger partial charge in [0, 0.05) is 0 Å². The van der Waals surface area contributed by atoms with E-state index in [1.807, 2.05) is 19.9 Å². The van der Waals surface area contributed by atoms with Gasteiger partial charge in [0.15, 0.2) is 0 Å². The van der Waals surface area contributed by atoms with Crippen molar-refractivity contribution in [1.29, 1.82) is 5.26 Å². The molecule has 0 aliphatic carbocycles. The Morgan fingerprint density at radius 3 is 2.36 bits per heavy atom. The van der Waals surface area contributed by atoms with E-state index in [9.17, 15) is 13.2 Å². The summed E-state index contributed by atoms with van der Waals surface area (Å²) in [6.07, 6.45) is 0.342. The molecule has 120 valence electrons. The number of nitrogens with zero attached hydrogens (tertiary/aromatic N) is 1. The minimum Gasteiger partial charge on any atom is -0.465 e.